The van der Waals surface area contributed by atoms with E-state index in [9.17, 15) is 58.8 Å². The second-order valence-electron chi connectivity index (χ2n) is 20.8. The Morgan fingerprint density at radius 2 is 0.388 bits per heavy atom. The summed E-state index contributed by atoms with van der Waals surface area (Å²) in [5.41, 5.74) is -4.36. The SMILES string of the molecule is CCCCOC(C(=O)[O-])C(=O)C(CC)(CC)OCCCC.CCCCOC(C(=O)[O-])C(=O)C(CC)(CC)OCCCC.CCCCOC(C(=O)[O-])C(=O)C(CC)(CC)OCCCC.CCCCOC(C(=O)[O-])C(=O)C(CC)(CC)OCCCC.[Hf+4]. The van der Waals surface area contributed by atoms with Crippen LogP contribution in [0.25, 0.3) is 0 Å². The van der Waals surface area contributed by atoms with E-state index in [1.807, 2.05) is 111 Å². The first kappa shape index (κ1) is 90.8. The Labute approximate surface area is 531 Å². The number of carboxylic acid groups (broad SMARTS) is 4. The maximum atomic E-state index is 12.6. The topological polar surface area (TPSA) is 303 Å². The third kappa shape index (κ3) is 34.6. The van der Waals surface area contributed by atoms with Gasteiger partial charge in [-0.25, -0.2) is 0 Å². The van der Waals surface area contributed by atoms with Crippen LogP contribution < -0.4 is 20.4 Å². The van der Waals surface area contributed by atoms with Crippen LogP contribution in [0.2, 0.25) is 0 Å². The first-order valence-electron chi connectivity index (χ1n) is 32.0. The number of aliphatic carboxylic acids is 4. The molecule has 0 saturated carbocycles. The Morgan fingerprint density at radius 3 is 0.494 bits per heavy atom. The number of hydrogen-bond donors (Lipinski definition) is 0. The molecule has 0 fully saturated rings. The van der Waals surface area contributed by atoms with Gasteiger partial charge in [0.15, 0.2) is 47.5 Å². The first-order chi connectivity index (χ1) is 39.9. The smallest absolute Gasteiger partial charge is 0.547 e. The van der Waals surface area contributed by atoms with E-state index in [1.165, 1.54) is 0 Å². The quantitative estimate of drug-likeness (QED) is 0.0324. The zero-order valence-electron chi connectivity index (χ0n) is 55.6. The standard InChI is InChI=1S/4C16H30O5.Hf/c4*1-5-9-11-20-13(15(18)19)14(17)16(7-3,8-4)21-12-10-6-2;/h4*13H,5-12H2,1-4H3,(H,18,19);/q;;;;+4/p-4. The summed E-state index contributed by atoms with van der Waals surface area (Å²) in [6.07, 6.45) is 10.7. The van der Waals surface area contributed by atoms with Gasteiger partial charge in [-0.2, -0.15) is 0 Å². The summed E-state index contributed by atoms with van der Waals surface area (Å²) in [5, 5.41) is 44.9. The van der Waals surface area contributed by atoms with Crippen molar-refractivity contribution in [3.63, 3.8) is 0 Å². The summed E-state index contributed by atoms with van der Waals surface area (Å²) in [6, 6.07) is 0. The average Bonchev–Trinajstić information content (AvgIpc) is 2.97. The fraction of sp³-hybridized carbons (Fsp3) is 0.875. The van der Waals surface area contributed by atoms with Crippen molar-refractivity contribution < 1.29 is 123 Å². The molecule has 0 aromatic heterocycles. The maximum Gasteiger partial charge on any atom is 4.00 e. The van der Waals surface area contributed by atoms with E-state index in [4.69, 9.17) is 37.9 Å². The molecule has 0 aliphatic heterocycles. The third-order valence-corrected chi connectivity index (χ3v) is 14.8. The number of hydrogen-bond acceptors (Lipinski definition) is 20. The second kappa shape index (κ2) is 55.2. The van der Waals surface area contributed by atoms with E-state index in [1.54, 1.807) is 0 Å². The Bertz CT molecular complexity index is 1500. The van der Waals surface area contributed by atoms with E-state index >= 15 is 0 Å². The van der Waals surface area contributed by atoms with E-state index < -0.39 is 93.8 Å². The predicted octanol–water partition coefficient (Wildman–Crippen LogP) is 7.46. The summed E-state index contributed by atoms with van der Waals surface area (Å²) in [7, 11) is 0. The van der Waals surface area contributed by atoms with Crippen LogP contribution in [-0.4, -0.2) is 147 Å². The molecule has 4 unspecified atom stereocenters. The average molecular weight is 1380 g/mol. The molecule has 0 amide bonds. The van der Waals surface area contributed by atoms with E-state index in [2.05, 4.69) is 0 Å². The van der Waals surface area contributed by atoms with Gasteiger partial charge in [0.2, 0.25) is 0 Å². The third-order valence-electron chi connectivity index (χ3n) is 14.8. The normalized spacial score (nSPS) is 13.0. The van der Waals surface area contributed by atoms with Gasteiger partial charge in [-0.1, -0.05) is 162 Å². The van der Waals surface area contributed by atoms with Crippen LogP contribution in [0.3, 0.4) is 0 Å². The molecule has 496 valence electrons. The first-order valence-corrected chi connectivity index (χ1v) is 32.0. The minimum absolute atomic E-state index is 0. The minimum atomic E-state index is -1.54. The summed E-state index contributed by atoms with van der Waals surface area (Å²) < 4.78 is 43.9. The number of Topliss-reactive ketones (excluding diaryl/α,β-unsaturated/α-hetero) is 4. The van der Waals surface area contributed by atoms with E-state index in [-0.39, 0.29) is 52.3 Å². The van der Waals surface area contributed by atoms with Gasteiger partial charge in [0.25, 0.3) is 0 Å². The van der Waals surface area contributed by atoms with E-state index in [0.29, 0.717) is 103 Å². The summed E-state index contributed by atoms with van der Waals surface area (Å²) in [6.45, 7) is 33.3. The zero-order chi connectivity index (χ0) is 65.2. The molecule has 20 nitrogen and oxygen atoms in total. The fourth-order valence-electron chi connectivity index (χ4n) is 8.48. The van der Waals surface area contributed by atoms with Crippen LogP contribution in [0.4, 0.5) is 0 Å². The van der Waals surface area contributed by atoms with Crippen molar-refractivity contribution in [3.05, 3.63) is 0 Å². The van der Waals surface area contributed by atoms with Gasteiger partial charge in [-0.15, -0.1) is 0 Å². The van der Waals surface area contributed by atoms with Crippen molar-refractivity contribution >= 4 is 47.0 Å². The molecule has 0 aliphatic carbocycles. The number of unbranched alkanes of at least 4 members (excludes halogenated alkanes) is 8. The number of ether oxygens (including phenoxy) is 8. The molecule has 0 bridgehead atoms. The summed E-state index contributed by atoms with van der Waals surface area (Å²) in [4.78, 5) is 95.3. The number of carboxylic acids is 4. The molecule has 0 aliphatic rings. The summed E-state index contributed by atoms with van der Waals surface area (Å²) in [5.74, 6) is -8.05. The van der Waals surface area contributed by atoms with Crippen LogP contribution in [0.15, 0.2) is 0 Å². The van der Waals surface area contributed by atoms with Gasteiger partial charge in [0.1, 0.15) is 22.4 Å². The Kier molecular flexibility index (Phi) is 59.0. The van der Waals surface area contributed by atoms with Crippen LogP contribution in [0.5, 0.6) is 0 Å². The molecule has 0 aromatic carbocycles. The molecule has 0 saturated heterocycles. The molecule has 0 aromatic rings. The second-order valence-corrected chi connectivity index (χ2v) is 20.8. The Balaban J connectivity index is -0.000000333. The van der Waals surface area contributed by atoms with Crippen molar-refractivity contribution in [2.24, 2.45) is 0 Å². The Hall–Kier alpha value is -2.89. The molecule has 0 radical (unpaired) electrons. The minimum Gasteiger partial charge on any atom is -0.547 e. The van der Waals surface area contributed by atoms with Crippen molar-refractivity contribution in [2.75, 3.05) is 52.9 Å². The van der Waals surface area contributed by atoms with Crippen LogP contribution >= 0.6 is 0 Å². The largest absolute Gasteiger partial charge is 4.00 e. The van der Waals surface area contributed by atoms with Crippen LogP contribution in [-0.2, 0) is 102 Å². The van der Waals surface area contributed by atoms with Crippen LogP contribution in [0, 0.1) is 0 Å². The molecule has 4 atom stereocenters. The summed E-state index contributed by atoms with van der Waals surface area (Å²) >= 11 is 0. The molecule has 21 heteroatoms. The van der Waals surface area contributed by atoms with Gasteiger partial charge >= 0.3 is 25.8 Å². The van der Waals surface area contributed by atoms with E-state index in [0.717, 1.165) is 77.0 Å². The van der Waals surface area contributed by atoms with Gasteiger partial charge in [0.05, 0.1) is 23.9 Å². The monoisotopic (exact) mass is 1380 g/mol. The van der Waals surface area contributed by atoms with Gasteiger partial charge in [0, 0.05) is 52.9 Å². The molecule has 85 heavy (non-hydrogen) atoms. The number of rotatable bonds is 52. The molecule has 0 N–H and O–H groups in total. The van der Waals surface area contributed by atoms with Crippen molar-refractivity contribution in [3.8, 4) is 0 Å². The molecule has 0 spiro atoms. The van der Waals surface area contributed by atoms with Crippen LogP contribution in [0.1, 0.15) is 265 Å². The number of carbonyl (C=O) groups is 8. The van der Waals surface area contributed by atoms with Crippen molar-refractivity contribution in [1.82, 2.24) is 0 Å². The number of ketones is 4. The van der Waals surface area contributed by atoms with Crippen molar-refractivity contribution in [1.29, 1.82) is 0 Å². The van der Waals surface area contributed by atoms with Gasteiger partial charge in [-0.05, 0) is 103 Å². The Morgan fingerprint density at radius 1 is 0.259 bits per heavy atom. The molecular formula is C64H116HfO20. The zero-order valence-corrected chi connectivity index (χ0v) is 59.2. The molecule has 0 rings (SSSR count). The van der Waals surface area contributed by atoms with Crippen molar-refractivity contribution in [2.45, 2.75) is 312 Å². The number of carbonyl (C=O) groups excluding carboxylic acids is 8. The predicted molar refractivity (Wildman–Crippen MR) is 315 cm³/mol. The maximum absolute atomic E-state index is 12.6. The fourth-order valence-corrected chi connectivity index (χ4v) is 8.48. The van der Waals surface area contributed by atoms with Gasteiger partial charge in [-0.3, -0.25) is 19.2 Å². The van der Waals surface area contributed by atoms with Gasteiger partial charge < -0.3 is 77.5 Å². The molecular weight excluding hydrogens is 1270 g/mol. The molecule has 0 heterocycles.